The molecule has 1 aromatic heterocycles. The Labute approximate surface area is 135 Å². The minimum absolute atomic E-state index is 0.272. The highest BCUT2D eigenvalue weighted by molar-refractivity contribution is 7.80. The number of nitrogens with zero attached hydrogens (tertiary/aromatic N) is 2. The minimum atomic E-state index is 0.272. The van der Waals surface area contributed by atoms with Gasteiger partial charge in [-0.25, -0.2) is 0 Å². The molecular weight excluding hydrogens is 302 g/mol. The number of hydrogen-bond acceptors (Lipinski definition) is 1. The van der Waals surface area contributed by atoms with Crippen LogP contribution in [0, 0.1) is 6.92 Å². The van der Waals surface area contributed by atoms with Crippen LogP contribution in [0.1, 0.15) is 24.2 Å². The van der Waals surface area contributed by atoms with E-state index in [1.807, 2.05) is 25.1 Å². The molecule has 1 aliphatic heterocycles. The predicted molar refractivity (Wildman–Crippen MR) is 92.0 cm³/mol. The van der Waals surface area contributed by atoms with E-state index in [2.05, 4.69) is 40.0 Å². The SMILES string of the molecule is Cc1c(Cl)cccc1NC(=S)N1CCn2cccc2[C@@H]1C. The Bertz CT molecular complexity index is 680. The highest BCUT2D eigenvalue weighted by Crippen LogP contribution is 2.28. The quantitative estimate of drug-likeness (QED) is 0.795. The van der Waals surface area contributed by atoms with Crippen LogP contribution in [0.4, 0.5) is 5.69 Å². The summed E-state index contributed by atoms with van der Waals surface area (Å²) in [4.78, 5) is 2.23. The van der Waals surface area contributed by atoms with E-state index in [1.54, 1.807) is 0 Å². The van der Waals surface area contributed by atoms with E-state index >= 15 is 0 Å². The van der Waals surface area contributed by atoms with Gasteiger partial charge in [-0.05, 0) is 55.9 Å². The molecule has 2 aromatic rings. The van der Waals surface area contributed by atoms with Gasteiger partial charge in [0.2, 0.25) is 0 Å². The highest BCUT2D eigenvalue weighted by Gasteiger charge is 2.25. The number of rotatable bonds is 1. The number of nitrogens with one attached hydrogen (secondary N) is 1. The van der Waals surface area contributed by atoms with E-state index in [9.17, 15) is 0 Å². The Balaban J connectivity index is 1.79. The van der Waals surface area contributed by atoms with Gasteiger partial charge in [-0.3, -0.25) is 0 Å². The van der Waals surface area contributed by atoms with Gasteiger partial charge in [0.1, 0.15) is 0 Å². The van der Waals surface area contributed by atoms with Gasteiger partial charge >= 0.3 is 0 Å². The van der Waals surface area contributed by atoms with E-state index < -0.39 is 0 Å². The molecule has 0 bridgehead atoms. The lowest BCUT2D eigenvalue weighted by Crippen LogP contribution is -2.42. The van der Waals surface area contributed by atoms with Crippen LogP contribution in [0.5, 0.6) is 0 Å². The number of thiocarbonyl (C=S) groups is 1. The molecule has 0 saturated carbocycles. The molecule has 21 heavy (non-hydrogen) atoms. The van der Waals surface area contributed by atoms with Gasteiger partial charge in [-0.2, -0.15) is 0 Å². The molecule has 0 aliphatic carbocycles. The fraction of sp³-hybridized carbons (Fsp3) is 0.312. The third kappa shape index (κ3) is 2.65. The molecule has 2 heterocycles. The maximum atomic E-state index is 6.16. The maximum absolute atomic E-state index is 6.16. The summed E-state index contributed by atoms with van der Waals surface area (Å²) in [5.41, 5.74) is 3.29. The van der Waals surface area contributed by atoms with Crippen LogP contribution in [0.2, 0.25) is 5.02 Å². The molecule has 0 radical (unpaired) electrons. The first-order valence-electron chi connectivity index (χ1n) is 7.05. The van der Waals surface area contributed by atoms with Crippen molar-refractivity contribution in [3.8, 4) is 0 Å². The van der Waals surface area contributed by atoms with Gasteiger partial charge < -0.3 is 14.8 Å². The lowest BCUT2D eigenvalue weighted by atomic mass is 10.1. The molecule has 1 N–H and O–H groups in total. The molecule has 0 amide bonds. The molecule has 1 aromatic carbocycles. The van der Waals surface area contributed by atoms with Crippen molar-refractivity contribution in [3.05, 3.63) is 52.8 Å². The zero-order valence-corrected chi connectivity index (χ0v) is 13.7. The molecule has 1 atom stereocenters. The van der Waals surface area contributed by atoms with Crippen molar-refractivity contribution in [3.63, 3.8) is 0 Å². The molecule has 0 unspecified atom stereocenters. The van der Waals surface area contributed by atoms with Gasteiger partial charge in [0, 0.05) is 35.7 Å². The van der Waals surface area contributed by atoms with Crippen molar-refractivity contribution in [2.45, 2.75) is 26.4 Å². The van der Waals surface area contributed by atoms with E-state index in [4.69, 9.17) is 23.8 Å². The Kier molecular flexibility index (Phi) is 3.91. The average Bonchev–Trinajstić information content (AvgIpc) is 2.93. The maximum Gasteiger partial charge on any atom is 0.174 e. The van der Waals surface area contributed by atoms with Crippen molar-refractivity contribution >= 4 is 34.6 Å². The third-order valence-electron chi connectivity index (χ3n) is 4.11. The van der Waals surface area contributed by atoms with Crippen LogP contribution in [0.15, 0.2) is 36.5 Å². The third-order valence-corrected chi connectivity index (χ3v) is 4.86. The zero-order valence-electron chi connectivity index (χ0n) is 12.1. The zero-order chi connectivity index (χ0) is 15.0. The fourth-order valence-corrected chi connectivity index (χ4v) is 3.32. The molecule has 0 spiro atoms. The fourth-order valence-electron chi connectivity index (χ4n) is 2.79. The predicted octanol–water partition coefficient (Wildman–Crippen LogP) is 4.22. The van der Waals surface area contributed by atoms with Gasteiger partial charge in [-0.1, -0.05) is 17.7 Å². The number of anilines is 1. The number of hydrogen-bond donors (Lipinski definition) is 1. The van der Waals surface area contributed by atoms with E-state index in [-0.39, 0.29) is 6.04 Å². The first-order valence-corrected chi connectivity index (χ1v) is 7.84. The molecular formula is C16H18ClN3S. The number of fused-ring (bicyclic) bond motifs is 1. The summed E-state index contributed by atoms with van der Waals surface area (Å²) in [5, 5.41) is 4.84. The van der Waals surface area contributed by atoms with Gasteiger partial charge in [0.25, 0.3) is 0 Å². The Morgan fingerprint density at radius 2 is 2.10 bits per heavy atom. The van der Waals surface area contributed by atoms with Crippen molar-refractivity contribution in [2.24, 2.45) is 0 Å². The topological polar surface area (TPSA) is 20.2 Å². The first-order chi connectivity index (χ1) is 10.1. The summed E-state index contributed by atoms with van der Waals surface area (Å²) in [6.45, 7) is 6.05. The van der Waals surface area contributed by atoms with Crippen LogP contribution in [-0.2, 0) is 6.54 Å². The van der Waals surface area contributed by atoms with Crippen molar-refractivity contribution < 1.29 is 0 Å². The van der Waals surface area contributed by atoms with E-state index in [0.29, 0.717) is 0 Å². The monoisotopic (exact) mass is 319 g/mol. The Morgan fingerprint density at radius 3 is 2.90 bits per heavy atom. The molecule has 0 saturated heterocycles. The normalized spacial score (nSPS) is 17.5. The summed E-state index contributed by atoms with van der Waals surface area (Å²) in [6, 6.07) is 10.3. The van der Waals surface area contributed by atoms with Crippen LogP contribution >= 0.6 is 23.8 Å². The number of halogens is 1. The molecule has 110 valence electrons. The number of benzene rings is 1. The second-order valence-corrected chi connectivity index (χ2v) is 6.13. The Hall–Kier alpha value is -1.52. The van der Waals surface area contributed by atoms with Gasteiger partial charge in [0.05, 0.1) is 6.04 Å². The van der Waals surface area contributed by atoms with E-state index in [0.717, 1.165) is 34.5 Å². The van der Waals surface area contributed by atoms with Crippen molar-refractivity contribution in [2.75, 3.05) is 11.9 Å². The molecule has 1 aliphatic rings. The average molecular weight is 320 g/mol. The van der Waals surface area contributed by atoms with Gasteiger partial charge in [0.15, 0.2) is 5.11 Å². The summed E-state index contributed by atoms with van der Waals surface area (Å²) in [5.74, 6) is 0. The van der Waals surface area contributed by atoms with Crippen molar-refractivity contribution in [1.82, 2.24) is 9.47 Å². The van der Waals surface area contributed by atoms with E-state index in [1.165, 1.54) is 5.69 Å². The van der Waals surface area contributed by atoms with Crippen molar-refractivity contribution in [1.29, 1.82) is 0 Å². The highest BCUT2D eigenvalue weighted by atomic mass is 35.5. The van der Waals surface area contributed by atoms with Crippen LogP contribution < -0.4 is 5.32 Å². The van der Waals surface area contributed by atoms with Crippen LogP contribution in [0.3, 0.4) is 0 Å². The second-order valence-electron chi connectivity index (χ2n) is 5.34. The minimum Gasteiger partial charge on any atom is -0.348 e. The van der Waals surface area contributed by atoms with Crippen LogP contribution in [-0.4, -0.2) is 21.1 Å². The largest absolute Gasteiger partial charge is 0.348 e. The second kappa shape index (κ2) is 5.70. The van der Waals surface area contributed by atoms with Gasteiger partial charge in [-0.15, -0.1) is 0 Å². The Morgan fingerprint density at radius 1 is 1.29 bits per heavy atom. The summed E-state index contributed by atoms with van der Waals surface area (Å²) >= 11 is 11.8. The summed E-state index contributed by atoms with van der Waals surface area (Å²) < 4.78 is 2.29. The number of aromatic nitrogens is 1. The first kappa shape index (κ1) is 14.4. The van der Waals surface area contributed by atoms with Crippen LogP contribution in [0.25, 0.3) is 0 Å². The molecule has 5 heteroatoms. The standard InChI is InChI=1S/C16H18ClN3S/c1-11-13(17)5-3-6-14(11)18-16(21)20-10-9-19-8-4-7-15(19)12(20)2/h3-8,12H,9-10H2,1-2H3,(H,18,21)/t12-/m0/s1. The lowest BCUT2D eigenvalue weighted by molar-refractivity contribution is 0.276. The molecule has 0 fully saturated rings. The molecule has 3 nitrogen and oxygen atoms in total. The lowest BCUT2D eigenvalue weighted by Gasteiger charge is -2.37. The molecule has 3 rings (SSSR count). The summed E-state index contributed by atoms with van der Waals surface area (Å²) in [7, 11) is 0. The summed E-state index contributed by atoms with van der Waals surface area (Å²) in [6.07, 6.45) is 2.13. The smallest absolute Gasteiger partial charge is 0.174 e.